The van der Waals surface area contributed by atoms with E-state index in [1.807, 2.05) is 51.1 Å². The Morgan fingerprint density at radius 2 is 1.50 bits per heavy atom. The monoisotopic (exact) mass is 699 g/mol. The van der Waals surface area contributed by atoms with Crippen LogP contribution in [0, 0.1) is 13.8 Å². The van der Waals surface area contributed by atoms with Gasteiger partial charge in [0.15, 0.2) is 0 Å². The third-order valence-corrected chi connectivity index (χ3v) is 10.2. The molecule has 4 aromatic rings. The minimum atomic E-state index is -4.27. The molecule has 0 aliphatic heterocycles. The molecule has 0 radical (unpaired) electrons. The predicted molar refractivity (Wildman–Crippen MR) is 186 cm³/mol. The fourth-order valence-electron chi connectivity index (χ4n) is 4.99. The zero-order valence-corrected chi connectivity index (χ0v) is 29.1. The molecule has 0 fully saturated rings. The molecular formula is C35H36Cl3N3O4S. The van der Waals surface area contributed by atoms with Gasteiger partial charge < -0.3 is 10.2 Å². The molecule has 0 spiro atoms. The van der Waals surface area contributed by atoms with E-state index in [9.17, 15) is 18.0 Å². The maximum Gasteiger partial charge on any atom is 0.264 e. The van der Waals surface area contributed by atoms with E-state index in [2.05, 4.69) is 5.32 Å². The molecule has 0 aliphatic rings. The van der Waals surface area contributed by atoms with Gasteiger partial charge >= 0.3 is 0 Å². The van der Waals surface area contributed by atoms with Gasteiger partial charge in [0.1, 0.15) is 12.6 Å². The lowest BCUT2D eigenvalue weighted by Gasteiger charge is -2.34. The summed E-state index contributed by atoms with van der Waals surface area (Å²) in [4.78, 5) is 29.8. The predicted octanol–water partition coefficient (Wildman–Crippen LogP) is 7.62. The van der Waals surface area contributed by atoms with Crippen molar-refractivity contribution in [3.63, 3.8) is 0 Å². The summed E-state index contributed by atoms with van der Waals surface area (Å²) < 4.78 is 29.6. The molecule has 1 atom stereocenters. The Balaban J connectivity index is 1.86. The summed E-state index contributed by atoms with van der Waals surface area (Å²) in [5.74, 6) is -0.995. The summed E-state index contributed by atoms with van der Waals surface area (Å²) in [7, 11) is -4.27. The topological polar surface area (TPSA) is 86.8 Å². The number of hydrogen-bond acceptors (Lipinski definition) is 4. The molecule has 4 aromatic carbocycles. The van der Waals surface area contributed by atoms with Crippen LogP contribution in [0.2, 0.25) is 15.1 Å². The van der Waals surface area contributed by atoms with Gasteiger partial charge in [-0.15, -0.1) is 0 Å². The van der Waals surface area contributed by atoms with Gasteiger partial charge in [-0.05, 0) is 80.8 Å². The lowest BCUT2D eigenvalue weighted by atomic mass is 10.0. The smallest absolute Gasteiger partial charge is 0.264 e. The number of anilines is 1. The van der Waals surface area contributed by atoms with Crippen molar-refractivity contribution >= 4 is 62.3 Å². The van der Waals surface area contributed by atoms with Crippen molar-refractivity contribution in [2.75, 3.05) is 10.8 Å². The standard InChI is InChI=1S/C35H36Cl3N3O4S/c1-23(2)39-35(43)33(19-26-9-6-5-7-10-26)40(21-27-15-16-28(36)20-31(27)38)34(42)22-41(32-12-8-11-30(37)25(32)4)46(44,45)29-17-13-24(3)14-18-29/h5-18,20,23,33H,19,21-22H2,1-4H3,(H,39,43)/t33-/m0/s1. The van der Waals surface area contributed by atoms with E-state index in [0.29, 0.717) is 26.2 Å². The van der Waals surface area contributed by atoms with Crippen molar-refractivity contribution in [2.24, 2.45) is 0 Å². The quantitative estimate of drug-likeness (QED) is 0.165. The van der Waals surface area contributed by atoms with E-state index in [1.165, 1.54) is 17.0 Å². The van der Waals surface area contributed by atoms with Crippen LogP contribution in [0.4, 0.5) is 5.69 Å². The van der Waals surface area contributed by atoms with E-state index in [0.717, 1.165) is 15.4 Å². The van der Waals surface area contributed by atoms with Gasteiger partial charge in [-0.1, -0.05) is 95.0 Å². The Labute approximate surface area is 286 Å². The number of carbonyl (C=O) groups excluding carboxylic acids is 2. The highest BCUT2D eigenvalue weighted by Gasteiger charge is 2.35. The number of nitrogens with zero attached hydrogens (tertiary/aromatic N) is 2. The zero-order valence-electron chi connectivity index (χ0n) is 26.0. The fraction of sp³-hybridized carbons (Fsp3) is 0.257. The normalized spacial score (nSPS) is 12.1. The third kappa shape index (κ3) is 8.62. The number of amides is 2. The van der Waals surface area contributed by atoms with Crippen molar-refractivity contribution in [3.05, 3.63) is 128 Å². The summed E-state index contributed by atoms with van der Waals surface area (Å²) in [6.45, 7) is 6.52. The van der Waals surface area contributed by atoms with Crippen molar-refractivity contribution in [1.29, 1.82) is 0 Å². The van der Waals surface area contributed by atoms with Gasteiger partial charge in [0, 0.05) is 34.1 Å². The lowest BCUT2D eigenvalue weighted by Crippen LogP contribution is -2.54. The molecule has 4 rings (SSSR count). The highest BCUT2D eigenvalue weighted by Crippen LogP contribution is 2.32. The van der Waals surface area contributed by atoms with Gasteiger partial charge in [-0.25, -0.2) is 8.42 Å². The zero-order chi connectivity index (χ0) is 33.6. The van der Waals surface area contributed by atoms with Crippen LogP contribution < -0.4 is 9.62 Å². The van der Waals surface area contributed by atoms with E-state index in [-0.39, 0.29) is 35.5 Å². The van der Waals surface area contributed by atoms with Gasteiger partial charge in [0.25, 0.3) is 10.0 Å². The highest BCUT2D eigenvalue weighted by molar-refractivity contribution is 7.92. The average molecular weight is 701 g/mol. The van der Waals surface area contributed by atoms with Crippen molar-refractivity contribution < 1.29 is 18.0 Å². The molecule has 0 unspecified atom stereocenters. The van der Waals surface area contributed by atoms with Gasteiger partial charge in [-0.2, -0.15) is 0 Å². The molecule has 0 saturated carbocycles. The second-order valence-corrected chi connectivity index (χ2v) is 14.4. The summed E-state index contributed by atoms with van der Waals surface area (Å²) in [6, 6.07) is 24.3. The van der Waals surface area contributed by atoms with Crippen LogP contribution >= 0.6 is 34.8 Å². The Morgan fingerprint density at radius 1 is 0.826 bits per heavy atom. The van der Waals surface area contributed by atoms with Gasteiger partial charge in [0.05, 0.1) is 10.6 Å². The molecule has 46 heavy (non-hydrogen) atoms. The molecule has 1 N–H and O–H groups in total. The number of benzene rings is 4. The summed E-state index contributed by atoms with van der Waals surface area (Å²) in [6.07, 6.45) is 0.178. The fourth-order valence-corrected chi connectivity index (χ4v) is 7.09. The largest absolute Gasteiger partial charge is 0.352 e. The Morgan fingerprint density at radius 3 is 2.13 bits per heavy atom. The SMILES string of the molecule is Cc1ccc(S(=O)(=O)N(CC(=O)N(Cc2ccc(Cl)cc2Cl)[C@@H](Cc2ccccc2)C(=O)NC(C)C)c2cccc(Cl)c2C)cc1. The Bertz CT molecular complexity index is 1800. The minimum absolute atomic E-state index is 0.0101. The molecule has 0 saturated heterocycles. The molecule has 0 heterocycles. The van der Waals surface area contributed by atoms with Gasteiger partial charge in [-0.3, -0.25) is 13.9 Å². The van der Waals surface area contributed by atoms with Crippen LogP contribution in [0.1, 0.15) is 36.1 Å². The molecule has 242 valence electrons. The maximum absolute atomic E-state index is 14.6. The average Bonchev–Trinajstić information content (AvgIpc) is 3.00. The Kier molecular flexibility index (Phi) is 11.8. The van der Waals surface area contributed by atoms with E-state index >= 15 is 0 Å². The molecule has 7 nitrogen and oxygen atoms in total. The molecule has 0 aliphatic carbocycles. The lowest BCUT2D eigenvalue weighted by molar-refractivity contribution is -0.140. The van der Waals surface area contributed by atoms with E-state index in [4.69, 9.17) is 34.8 Å². The van der Waals surface area contributed by atoms with Crippen LogP contribution in [-0.2, 0) is 32.6 Å². The second-order valence-electron chi connectivity index (χ2n) is 11.3. The first-order valence-electron chi connectivity index (χ1n) is 14.7. The molecule has 2 amide bonds. The number of nitrogens with one attached hydrogen (secondary N) is 1. The summed E-state index contributed by atoms with van der Waals surface area (Å²) in [5.41, 5.74) is 2.98. The number of halogens is 3. The summed E-state index contributed by atoms with van der Waals surface area (Å²) >= 11 is 19.2. The number of hydrogen-bond donors (Lipinski definition) is 1. The highest BCUT2D eigenvalue weighted by atomic mass is 35.5. The second kappa shape index (κ2) is 15.4. The van der Waals surface area contributed by atoms with Crippen LogP contribution in [-0.4, -0.2) is 43.8 Å². The van der Waals surface area contributed by atoms with Crippen molar-refractivity contribution in [3.8, 4) is 0 Å². The number of carbonyl (C=O) groups is 2. The number of sulfonamides is 1. The van der Waals surface area contributed by atoms with Gasteiger partial charge in [0.2, 0.25) is 11.8 Å². The first-order chi connectivity index (χ1) is 21.8. The van der Waals surface area contributed by atoms with Crippen molar-refractivity contribution in [2.45, 2.75) is 57.6 Å². The molecule has 0 aromatic heterocycles. The van der Waals surface area contributed by atoms with E-state index in [1.54, 1.807) is 55.5 Å². The molecule has 0 bridgehead atoms. The molecule has 11 heteroatoms. The molecular weight excluding hydrogens is 665 g/mol. The summed E-state index contributed by atoms with van der Waals surface area (Å²) in [5, 5.41) is 4.00. The van der Waals surface area contributed by atoms with E-state index < -0.39 is 28.5 Å². The maximum atomic E-state index is 14.6. The van der Waals surface area contributed by atoms with Crippen LogP contribution in [0.25, 0.3) is 0 Å². The van der Waals surface area contributed by atoms with Crippen molar-refractivity contribution in [1.82, 2.24) is 10.2 Å². The minimum Gasteiger partial charge on any atom is -0.352 e. The number of aryl methyl sites for hydroxylation is 1. The first kappa shape index (κ1) is 35.3. The first-order valence-corrected chi connectivity index (χ1v) is 17.3. The Hall–Kier alpha value is -3.56. The van der Waals surface area contributed by atoms with Crippen LogP contribution in [0.5, 0.6) is 0 Å². The third-order valence-electron chi connectivity index (χ3n) is 7.45. The van der Waals surface area contributed by atoms with Crippen LogP contribution in [0.3, 0.4) is 0 Å². The van der Waals surface area contributed by atoms with Crippen LogP contribution in [0.15, 0.2) is 95.9 Å². The number of rotatable bonds is 12.